The number of carbonyl (C=O) groups excluding carboxylic acids is 4. The first-order valence-electron chi connectivity index (χ1n) is 24.4. The second kappa shape index (κ2) is 21.1. The van der Waals surface area contributed by atoms with E-state index in [2.05, 4.69) is 87.4 Å². The van der Waals surface area contributed by atoms with Gasteiger partial charge in [-0.2, -0.15) is 4.99 Å². The lowest BCUT2D eigenvalue weighted by molar-refractivity contribution is -0.155. The fourth-order valence-corrected chi connectivity index (χ4v) is 9.91. The van der Waals surface area contributed by atoms with Crippen LogP contribution in [0.4, 0.5) is 5.69 Å². The highest BCUT2D eigenvalue weighted by atomic mass is 16.5. The maximum atomic E-state index is 14.8. The molecule has 2 fully saturated rings. The SMILES string of the molecule is CCn1c(-c2cnccc2COC)c2c3cc(ccc31)-c1cccc(c1)C[C@H](NC(=O)C(C(C)C)N(C)C(=O)CC1(N=C=Nc3ccc(OC)cc3)CC1)C(=O)N1CCC[C@H](N1)C(=O)OCC(C)(C)C2. The highest BCUT2D eigenvalue weighted by Crippen LogP contribution is 2.44. The van der Waals surface area contributed by atoms with Crippen LogP contribution in [-0.2, 0) is 54.6 Å². The molecule has 0 spiro atoms. The number of methoxy groups -OCH3 is 2. The van der Waals surface area contributed by atoms with Crippen molar-refractivity contribution in [2.45, 2.75) is 116 Å². The number of ether oxygens (including phenoxy) is 3. The molecule has 3 aromatic carbocycles. The van der Waals surface area contributed by atoms with Crippen LogP contribution in [-0.4, -0.2) is 107 Å². The lowest BCUT2D eigenvalue weighted by Crippen LogP contribution is -2.62. The molecule has 3 aliphatic rings. The number of likely N-dealkylation sites (N-methyl/N-ethyl adjacent to an activating group) is 1. The van der Waals surface area contributed by atoms with E-state index in [-0.39, 0.29) is 37.2 Å². The number of hydrogen-bond donors (Lipinski definition) is 2. The number of benzene rings is 3. The van der Waals surface area contributed by atoms with E-state index < -0.39 is 41.0 Å². The third-order valence-corrected chi connectivity index (χ3v) is 13.8. The molecular formula is C55H66N8O7. The Kier molecular flexibility index (Phi) is 15.0. The number of hydrazine groups is 1. The molecule has 2 aliphatic heterocycles. The van der Waals surface area contributed by atoms with Gasteiger partial charge < -0.3 is 29.0 Å². The highest BCUT2D eigenvalue weighted by molar-refractivity contribution is 5.96. The first-order valence-corrected chi connectivity index (χ1v) is 24.4. The lowest BCUT2D eigenvalue weighted by Gasteiger charge is -2.37. The second-order valence-electron chi connectivity index (χ2n) is 20.1. The minimum absolute atomic E-state index is 0.0860. The molecule has 2 aromatic heterocycles. The van der Waals surface area contributed by atoms with Gasteiger partial charge in [0.25, 0.3) is 5.91 Å². The molecule has 4 heterocycles. The van der Waals surface area contributed by atoms with Crippen molar-refractivity contribution in [2.75, 3.05) is 34.4 Å². The average Bonchev–Trinajstić information content (AvgIpc) is 4.05. The van der Waals surface area contributed by atoms with Crippen LogP contribution in [0.3, 0.4) is 0 Å². The Balaban J connectivity index is 1.12. The van der Waals surface area contributed by atoms with Crippen molar-refractivity contribution in [3.05, 3.63) is 102 Å². The van der Waals surface area contributed by atoms with Crippen LogP contribution in [0.15, 0.2) is 95.2 Å². The fourth-order valence-electron chi connectivity index (χ4n) is 9.91. The number of nitrogens with one attached hydrogen (secondary N) is 2. The molecule has 1 aliphatic carbocycles. The quantitative estimate of drug-likeness (QED) is 0.0875. The van der Waals surface area contributed by atoms with Crippen LogP contribution in [0.25, 0.3) is 33.3 Å². The van der Waals surface area contributed by atoms with Gasteiger partial charge in [0.2, 0.25) is 11.8 Å². The number of aryl methyl sites for hydroxylation is 1. The fraction of sp³-hybridized carbons (Fsp3) is 0.455. The van der Waals surface area contributed by atoms with Crippen LogP contribution in [0.5, 0.6) is 5.75 Å². The zero-order valence-electron chi connectivity index (χ0n) is 41.7. The summed E-state index contributed by atoms with van der Waals surface area (Å²) in [5.74, 6) is -1.12. The molecule has 2 N–H and O–H groups in total. The molecule has 1 saturated carbocycles. The third kappa shape index (κ3) is 11.0. The number of hydrogen-bond acceptors (Lipinski definition) is 11. The van der Waals surface area contributed by atoms with E-state index in [0.29, 0.717) is 63.2 Å². The van der Waals surface area contributed by atoms with Gasteiger partial charge in [-0.1, -0.05) is 58.0 Å². The summed E-state index contributed by atoms with van der Waals surface area (Å²) in [6.07, 6.45) is 6.96. The van der Waals surface area contributed by atoms with Gasteiger partial charge in [-0.3, -0.25) is 29.2 Å². The Labute approximate surface area is 410 Å². The summed E-state index contributed by atoms with van der Waals surface area (Å²) in [6, 6.07) is 23.9. The topological polar surface area (TPSA) is 169 Å². The summed E-state index contributed by atoms with van der Waals surface area (Å²) in [5, 5.41) is 5.62. The number of rotatable bonds is 13. The highest BCUT2D eigenvalue weighted by Gasteiger charge is 2.46. The summed E-state index contributed by atoms with van der Waals surface area (Å²) in [7, 11) is 4.92. The number of pyridine rings is 1. The van der Waals surface area contributed by atoms with E-state index >= 15 is 0 Å². The van der Waals surface area contributed by atoms with Gasteiger partial charge in [-0.15, -0.1) is 0 Å². The Morgan fingerprint density at radius 2 is 1.81 bits per heavy atom. The summed E-state index contributed by atoms with van der Waals surface area (Å²) in [5.41, 5.74) is 10.7. The minimum atomic E-state index is -1.04. The van der Waals surface area contributed by atoms with E-state index in [1.165, 1.54) is 9.91 Å². The zero-order valence-corrected chi connectivity index (χ0v) is 41.7. The zero-order chi connectivity index (χ0) is 49.7. The number of esters is 1. The maximum absolute atomic E-state index is 14.8. The smallest absolute Gasteiger partial charge is 0.324 e. The van der Waals surface area contributed by atoms with Crippen molar-refractivity contribution in [1.82, 2.24) is 30.2 Å². The van der Waals surface area contributed by atoms with Gasteiger partial charge in [0, 0.05) is 67.9 Å². The summed E-state index contributed by atoms with van der Waals surface area (Å²) >= 11 is 0. The van der Waals surface area contributed by atoms with Crippen molar-refractivity contribution >= 4 is 46.3 Å². The molecule has 6 bridgehead atoms. The molecule has 1 unspecified atom stereocenters. The largest absolute Gasteiger partial charge is 0.497 e. The standard InChI is InChI=1S/C55H66N8O7/c1-9-62-47-20-15-38-28-42(47)43(50(62)44-31-56-24-21-39(44)32-68-7)29-54(4,5)33-70-53(67)45-14-11-25-63(60-45)52(66)46(27-36-12-10-13-37(38)26-36)59-51(65)49(35(2)3)61(6)48(64)30-55(22-23-55)58-34-57-40-16-18-41(69-8)19-17-40/h10,12-13,15-21,24,26,28,31,35,45-46,49,60H,9,11,14,22-23,25,27,29-30,32-33H2,1-8H3,(H,59,65)/t45-,46-,49?/m0/s1. The average molecular weight is 951 g/mol. The molecule has 1 saturated heterocycles. The summed E-state index contributed by atoms with van der Waals surface area (Å²) in [4.78, 5) is 72.3. The molecule has 15 heteroatoms. The van der Waals surface area contributed by atoms with Crippen LogP contribution >= 0.6 is 0 Å². The van der Waals surface area contributed by atoms with Crippen LogP contribution < -0.4 is 15.5 Å². The molecule has 0 radical (unpaired) electrons. The van der Waals surface area contributed by atoms with Crippen LogP contribution in [0, 0.1) is 11.3 Å². The van der Waals surface area contributed by atoms with Crippen molar-refractivity contribution < 1.29 is 33.4 Å². The molecular weight excluding hydrogens is 885 g/mol. The minimum Gasteiger partial charge on any atom is -0.497 e. The molecule has 15 nitrogen and oxygen atoms in total. The van der Waals surface area contributed by atoms with Gasteiger partial charge >= 0.3 is 5.97 Å². The van der Waals surface area contributed by atoms with E-state index in [1.807, 2.05) is 38.2 Å². The number of carbonyl (C=O) groups is 4. The molecule has 8 rings (SSSR count). The maximum Gasteiger partial charge on any atom is 0.324 e. The number of aromatic nitrogens is 2. The first-order chi connectivity index (χ1) is 33.6. The van der Waals surface area contributed by atoms with Crippen LogP contribution in [0.1, 0.15) is 83.4 Å². The van der Waals surface area contributed by atoms with E-state index in [1.54, 1.807) is 51.7 Å². The Morgan fingerprint density at radius 1 is 1.04 bits per heavy atom. The number of fused-ring (bicyclic) bond motifs is 6. The first kappa shape index (κ1) is 49.7. The number of nitrogens with zero attached hydrogens (tertiary/aromatic N) is 6. The Morgan fingerprint density at radius 3 is 2.53 bits per heavy atom. The predicted molar refractivity (Wildman–Crippen MR) is 269 cm³/mol. The van der Waals surface area contributed by atoms with Gasteiger partial charge in [-0.05, 0) is 115 Å². The van der Waals surface area contributed by atoms with Gasteiger partial charge in [0.05, 0.1) is 49.7 Å². The number of amides is 3. The van der Waals surface area contributed by atoms with Gasteiger partial charge in [0.15, 0.2) is 0 Å². The summed E-state index contributed by atoms with van der Waals surface area (Å²) in [6.45, 7) is 11.7. The molecule has 3 amide bonds. The summed E-state index contributed by atoms with van der Waals surface area (Å²) < 4.78 is 19.4. The van der Waals surface area contributed by atoms with Crippen LogP contribution in [0.2, 0.25) is 0 Å². The lowest BCUT2D eigenvalue weighted by atomic mass is 9.84. The second-order valence-corrected chi connectivity index (χ2v) is 20.1. The molecule has 3 atom stereocenters. The van der Waals surface area contributed by atoms with Crippen molar-refractivity contribution in [3.63, 3.8) is 0 Å². The normalized spacial score (nSPS) is 19.1. The van der Waals surface area contributed by atoms with Gasteiger partial charge in [0.1, 0.15) is 23.9 Å². The Bertz CT molecular complexity index is 2810. The number of aliphatic imine (C=N–C) groups is 2. The van der Waals surface area contributed by atoms with E-state index in [9.17, 15) is 19.2 Å². The molecule has 368 valence electrons. The molecule has 5 aromatic rings. The molecule has 70 heavy (non-hydrogen) atoms. The predicted octanol–water partition coefficient (Wildman–Crippen LogP) is 8.10. The van der Waals surface area contributed by atoms with Crippen molar-refractivity contribution in [2.24, 2.45) is 21.3 Å². The van der Waals surface area contributed by atoms with Crippen molar-refractivity contribution in [3.8, 4) is 28.1 Å². The monoisotopic (exact) mass is 951 g/mol. The Hall–Kier alpha value is -6.67. The third-order valence-electron chi connectivity index (χ3n) is 13.8. The van der Waals surface area contributed by atoms with Gasteiger partial charge in [-0.25, -0.2) is 10.4 Å². The van der Waals surface area contributed by atoms with E-state index in [4.69, 9.17) is 14.2 Å². The number of cyclic esters (lactones) is 1. The van der Waals surface area contributed by atoms with Crippen molar-refractivity contribution in [1.29, 1.82) is 0 Å². The van der Waals surface area contributed by atoms with E-state index in [0.717, 1.165) is 50.0 Å².